The average Bonchev–Trinajstić information content (AvgIpc) is 2.43. The highest BCUT2D eigenvalue weighted by molar-refractivity contribution is 6.52. The molecule has 1 aliphatic heterocycles. The molecule has 4 nitrogen and oxygen atoms in total. The first-order valence-electron chi connectivity index (χ1n) is 5.97. The standard InChI is InChI=1S/C15H12O4/c1-7-6-19-15-8(2)13(17)14(18)11-9(5-16)3-4-10(7)12(11)15/h3-4,6,16H,5H2,1-2H3. The second-order valence-electron chi connectivity index (χ2n) is 4.71. The number of ether oxygens (including phenoxy) is 1. The summed E-state index contributed by atoms with van der Waals surface area (Å²) in [7, 11) is 0. The van der Waals surface area contributed by atoms with E-state index in [0.29, 0.717) is 22.5 Å². The van der Waals surface area contributed by atoms with Crippen molar-refractivity contribution in [1.29, 1.82) is 0 Å². The highest BCUT2D eigenvalue weighted by Crippen LogP contribution is 2.40. The van der Waals surface area contributed by atoms with Crippen molar-refractivity contribution in [2.75, 3.05) is 0 Å². The summed E-state index contributed by atoms with van der Waals surface area (Å²) < 4.78 is 5.49. The fourth-order valence-corrected chi connectivity index (χ4v) is 2.53. The summed E-state index contributed by atoms with van der Waals surface area (Å²) >= 11 is 0. The molecule has 1 heterocycles. The van der Waals surface area contributed by atoms with Crippen LogP contribution in [0.25, 0.3) is 11.3 Å². The van der Waals surface area contributed by atoms with Gasteiger partial charge in [-0.15, -0.1) is 0 Å². The molecule has 1 aromatic rings. The van der Waals surface area contributed by atoms with Crippen LogP contribution in [0.15, 0.2) is 24.0 Å². The second-order valence-corrected chi connectivity index (χ2v) is 4.71. The molecule has 19 heavy (non-hydrogen) atoms. The SMILES string of the molecule is CC1=COC2=C(C)C(=O)C(=O)c3c(CO)ccc1c32. The largest absolute Gasteiger partial charge is 0.464 e. The normalized spacial score (nSPS) is 17.1. The van der Waals surface area contributed by atoms with Crippen LogP contribution in [-0.2, 0) is 16.1 Å². The molecule has 0 saturated carbocycles. The molecule has 0 amide bonds. The highest BCUT2D eigenvalue weighted by atomic mass is 16.5. The van der Waals surface area contributed by atoms with Gasteiger partial charge in [0.25, 0.3) is 0 Å². The maximum absolute atomic E-state index is 12.2. The van der Waals surface area contributed by atoms with Crippen molar-refractivity contribution in [1.82, 2.24) is 0 Å². The van der Waals surface area contributed by atoms with E-state index in [9.17, 15) is 14.7 Å². The van der Waals surface area contributed by atoms with E-state index in [4.69, 9.17) is 4.74 Å². The molecule has 0 bridgehead atoms. The molecule has 2 aliphatic rings. The van der Waals surface area contributed by atoms with Crippen molar-refractivity contribution in [3.8, 4) is 0 Å². The lowest BCUT2D eigenvalue weighted by Gasteiger charge is -2.27. The van der Waals surface area contributed by atoms with Crippen molar-refractivity contribution in [2.24, 2.45) is 0 Å². The number of benzene rings is 1. The first kappa shape index (κ1) is 11.9. The van der Waals surface area contributed by atoms with Crippen LogP contribution in [-0.4, -0.2) is 16.7 Å². The Morgan fingerprint density at radius 3 is 2.53 bits per heavy atom. The predicted molar refractivity (Wildman–Crippen MR) is 69.0 cm³/mol. The molecule has 0 radical (unpaired) electrons. The minimum Gasteiger partial charge on any atom is -0.464 e. The minimum absolute atomic E-state index is 0.276. The lowest BCUT2D eigenvalue weighted by molar-refractivity contribution is -0.111. The van der Waals surface area contributed by atoms with Crippen LogP contribution < -0.4 is 0 Å². The highest BCUT2D eigenvalue weighted by Gasteiger charge is 2.36. The predicted octanol–water partition coefficient (Wildman–Crippen LogP) is 2.07. The summed E-state index contributed by atoms with van der Waals surface area (Å²) in [5, 5.41) is 9.36. The molecule has 0 aromatic heterocycles. The number of rotatable bonds is 1. The Balaban J connectivity index is 2.46. The van der Waals surface area contributed by atoms with Gasteiger partial charge in [0.05, 0.1) is 12.9 Å². The van der Waals surface area contributed by atoms with Crippen LogP contribution in [0.5, 0.6) is 0 Å². The number of allylic oxidation sites excluding steroid dienone is 2. The maximum atomic E-state index is 12.2. The molecule has 1 aliphatic carbocycles. The fourth-order valence-electron chi connectivity index (χ4n) is 2.53. The van der Waals surface area contributed by atoms with Crippen LogP contribution in [0.4, 0.5) is 0 Å². The number of carbonyl (C=O) groups excluding carboxylic acids is 2. The van der Waals surface area contributed by atoms with Crippen molar-refractivity contribution in [3.63, 3.8) is 0 Å². The zero-order chi connectivity index (χ0) is 13.7. The number of ketones is 2. The number of hydrogen-bond acceptors (Lipinski definition) is 4. The summed E-state index contributed by atoms with van der Waals surface area (Å²) in [4.78, 5) is 24.1. The van der Waals surface area contributed by atoms with Crippen LogP contribution in [0, 0.1) is 0 Å². The van der Waals surface area contributed by atoms with Gasteiger partial charge in [0.15, 0.2) is 0 Å². The summed E-state index contributed by atoms with van der Waals surface area (Å²) in [6.07, 6.45) is 1.58. The Morgan fingerprint density at radius 1 is 1.11 bits per heavy atom. The molecule has 96 valence electrons. The Morgan fingerprint density at radius 2 is 1.84 bits per heavy atom. The molecule has 0 saturated heterocycles. The Hall–Kier alpha value is -2.20. The van der Waals surface area contributed by atoms with Gasteiger partial charge in [-0.1, -0.05) is 12.1 Å². The average molecular weight is 256 g/mol. The van der Waals surface area contributed by atoms with Gasteiger partial charge in [0.2, 0.25) is 11.6 Å². The van der Waals surface area contributed by atoms with Gasteiger partial charge >= 0.3 is 0 Å². The summed E-state index contributed by atoms with van der Waals surface area (Å²) in [6, 6.07) is 3.52. The van der Waals surface area contributed by atoms with Crippen LogP contribution in [0.2, 0.25) is 0 Å². The number of hydrogen-bond donors (Lipinski definition) is 1. The lowest BCUT2D eigenvalue weighted by atomic mass is 9.81. The van der Waals surface area contributed by atoms with Gasteiger partial charge < -0.3 is 9.84 Å². The van der Waals surface area contributed by atoms with Crippen molar-refractivity contribution in [2.45, 2.75) is 20.5 Å². The summed E-state index contributed by atoms with van der Waals surface area (Å²) in [5.74, 6) is -0.710. The summed E-state index contributed by atoms with van der Waals surface area (Å²) in [6.45, 7) is 3.18. The van der Waals surface area contributed by atoms with Crippen molar-refractivity contribution in [3.05, 3.63) is 46.2 Å². The fraction of sp³-hybridized carbons (Fsp3) is 0.200. The van der Waals surface area contributed by atoms with Crippen LogP contribution in [0.3, 0.4) is 0 Å². The quantitative estimate of drug-likeness (QED) is 0.781. The third kappa shape index (κ3) is 1.43. The number of aliphatic hydroxyl groups is 1. The van der Waals surface area contributed by atoms with E-state index in [1.54, 1.807) is 19.3 Å². The molecular formula is C15H12O4. The van der Waals surface area contributed by atoms with Gasteiger partial charge in [0.1, 0.15) is 5.76 Å². The molecule has 1 aromatic carbocycles. The first-order valence-corrected chi connectivity index (χ1v) is 5.97. The van der Waals surface area contributed by atoms with E-state index in [1.165, 1.54) is 0 Å². The topological polar surface area (TPSA) is 63.6 Å². The van der Waals surface area contributed by atoms with E-state index in [0.717, 1.165) is 11.1 Å². The van der Waals surface area contributed by atoms with Crippen LogP contribution >= 0.6 is 0 Å². The molecule has 3 rings (SSSR count). The maximum Gasteiger partial charge on any atom is 0.234 e. The van der Waals surface area contributed by atoms with Gasteiger partial charge in [-0.05, 0) is 30.5 Å². The number of carbonyl (C=O) groups is 2. The van der Waals surface area contributed by atoms with Gasteiger partial charge in [0, 0.05) is 16.7 Å². The van der Waals surface area contributed by atoms with Gasteiger partial charge in [-0.2, -0.15) is 0 Å². The monoisotopic (exact) mass is 256 g/mol. The molecular weight excluding hydrogens is 244 g/mol. The van der Waals surface area contributed by atoms with Gasteiger partial charge in [-0.25, -0.2) is 0 Å². The minimum atomic E-state index is -0.569. The summed E-state index contributed by atoms with van der Waals surface area (Å²) in [5.41, 5.74) is 3.44. The molecule has 4 heteroatoms. The Labute approximate surface area is 110 Å². The van der Waals surface area contributed by atoms with E-state index in [1.807, 2.05) is 13.0 Å². The second kappa shape index (κ2) is 3.90. The van der Waals surface area contributed by atoms with Crippen LogP contribution in [0.1, 0.15) is 40.9 Å². The smallest absolute Gasteiger partial charge is 0.234 e. The molecule has 0 fully saturated rings. The number of Topliss-reactive ketones (excluding diaryl/α,β-unsaturated/α-hetero) is 2. The molecule has 0 atom stereocenters. The Bertz CT molecular complexity index is 692. The van der Waals surface area contributed by atoms with Crippen molar-refractivity contribution < 1.29 is 19.4 Å². The lowest BCUT2D eigenvalue weighted by Crippen LogP contribution is -2.26. The van der Waals surface area contributed by atoms with Gasteiger partial charge in [-0.3, -0.25) is 9.59 Å². The van der Waals surface area contributed by atoms with E-state index >= 15 is 0 Å². The zero-order valence-corrected chi connectivity index (χ0v) is 10.6. The number of aliphatic hydroxyl groups excluding tert-OH is 1. The van der Waals surface area contributed by atoms with E-state index < -0.39 is 11.6 Å². The first-order chi connectivity index (χ1) is 9.06. The molecule has 0 unspecified atom stereocenters. The third-order valence-corrected chi connectivity index (χ3v) is 3.58. The Kier molecular flexibility index (Phi) is 2.43. The van der Waals surface area contributed by atoms with E-state index in [2.05, 4.69) is 0 Å². The molecule has 1 N–H and O–H groups in total. The van der Waals surface area contributed by atoms with E-state index in [-0.39, 0.29) is 12.2 Å². The van der Waals surface area contributed by atoms with Crippen molar-refractivity contribution >= 4 is 22.9 Å². The third-order valence-electron chi connectivity index (χ3n) is 3.58. The molecule has 0 spiro atoms. The zero-order valence-electron chi connectivity index (χ0n) is 10.6.